The molecule has 1 heterocycles. The maximum atomic E-state index is 11.5. The number of hydrogen-bond donors (Lipinski definition) is 2. The highest BCUT2D eigenvalue weighted by Crippen LogP contribution is 2.07. The first-order chi connectivity index (χ1) is 7.99. The van der Waals surface area contributed by atoms with Gasteiger partial charge in [0.15, 0.2) is 0 Å². The Morgan fingerprint density at radius 3 is 2.76 bits per heavy atom. The molecule has 1 aromatic heterocycles. The van der Waals surface area contributed by atoms with Gasteiger partial charge in [0, 0.05) is 12.5 Å². The highest BCUT2D eigenvalue weighted by Gasteiger charge is 2.07. The minimum atomic E-state index is 0.0131. The summed E-state index contributed by atoms with van der Waals surface area (Å²) in [6.45, 7) is 6.03. The molecular weight excluding hydrogens is 218 g/mol. The van der Waals surface area contributed by atoms with Gasteiger partial charge in [0.05, 0.1) is 12.2 Å². The summed E-state index contributed by atoms with van der Waals surface area (Å²) in [6.07, 6.45) is 2.18. The topological polar surface area (TPSA) is 81.2 Å². The van der Waals surface area contributed by atoms with Gasteiger partial charge in [0.25, 0.3) is 0 Å². The van der Waals surface area contributed by atoms with Crippen molar-refractivity contribution in [3.05, 3.63) is 17.3 Å². The van der Waals surface area contributed by atoms with Gasteiger partial charge in [-0.2, -0.15) is 0 Å². The molecule has 0 saturated heterocycles. The summed E-state index contributed by atoms with van der Waals surface area (Å²) in [5.74, 6) is 1.37. The maximum absolute atomic E-state index is 11.5. The summed E-state index contributed by atoms with van der Waals surface area (Å²) in [6, 6.07) is 0.153. The zero-order valence-electron chi connectivity index (χ0n) is 10.7. The van der Waals surface area contributed by atoms with E-state index in [4.69, 9.17) is 10.2 Å². The number of amides is 1. The van der Waals surface area contributed by atoms with Crippen LogP contribution in [0.25, 0.3) is 0 Å². The lowest BCUT2D eigenvalue weighted by molar-refractivity contribution is -0.121. The number of aryl methyl sites for hydroxylation is 2. The molecule has 1 rings (SSSR count). The van der Waals surface area contributed by atoms with Crippen LogP contribution in [-0.4, -0.2) is 16.9 Å². The number of nitrogens with one attached hydrogen (secondary N) is 1. The summed E-state index contributed by atoms with van der Waals surface area (Å²) in [5, 5.41) is 2.78. The number of nitrogens with two attached hydrogens (primary N) is 1. The lowest BCUT2D eigenvalue weighted by Gasteiger charge is -2.04. The normalized spacial score (nSPS) is 12.5. The van der Waals surface area contributed by atoms with E-state index in [0.29, 0.717) is 18.9 Å². The molecular formula is C12H21N3O2. The Morgan fingerprint density at radius 1 is 1.53 bits per heavy atom. The monoisotopic (exact) mass is 239 g/mol. The zero-order valence-corrected chi connectivity index (χ0v) is 10.7. The van der Waals surface area contributed by atoms with Gasteiger partial charge < -0.3 is 15.5 Å². The van der Waals surface area contributed by atoms with E-state index < -0.39 is 0 Å². The summed E-state index contributed by atoms with van der Waals surface area (Å²) in [4.78, 5) is 15.7. The quantitative estimate of drug-likeness (QED) is 0.786. The van der Waals surface area contributed by atoms with Crippen LogP contribution in [0.4, 0.5) is 0 Å². The van der Waals surface area contributed by atoms with Crippen molar-refractivity contribution in [2.45, 2.75) is 52.6 Å². The molecule has 5 heteroatoms. The van der Waals surface area contributed by atoms with Crippen LogP contribution in [0.15, 0.2) is 4.42 Å². The van der Waals surface area contributed by atoms with Gasteiger partial charge in [-0.15, -0.1) is 0 Å². The van der Waals surface area contributed by atoms with Crippen molar-refractivity contribution in [3.8, 4) is 0 Å². The van der Waals surface area contributed by atoms with Gasteiger partial charge in [-0.05, 0) is 33.6 Å². The van der Waals surface area contributed by atoms with E-state index in [9.17, 15) is 4.79 Å². The molecule has 0 aromatic carbocycles. The third-order valence-electron chi connectivity index (χ3n) is 2.57. The zero-order chi connectivity index (χ0) is 12.8. The molecule has 0 aliphatic rings. The summed E-state index contributed by atoms with van der Waals surface area (Å²) in [7, 11) is 0. The molecule has 96 valence electrons. The minimum Gasteiger partial charge on any atom is -0.444 e. The van der Waals surface area contributed by atoms with Gasteiger partial charge in [0.2, 0.25) is 11.8 Å². The van der Waals surface area contributed by atoms with E-state index in [-0.39, 0.29) is 11.9 Å². The molecule has 0 fully saturated rings. The van der Waals surface area contributed by atoms with Crippen LogP contribution in [0.1, 0.15) is 43.5 Å². The van der Waals surface area contributed by atoms with Crippen molar-refractivity contribution in [1.29, 1.82) is 0 Å². The second kappa shape index (κ2) is 6.39. The van der Waals surface area contributed by atoms with Crippen LogP contribution in [0.2, 0.25) is 0 Å². The number of nitrogens with zero attached hydrogens (tertiary/aromatic N) is 1. The molecule has 1 aromatic rings. The largest absolute Gasteiger partial charge is 0.444 e. The molecule has 0 bridgehead atoms. The number of carbonyl (C=O) groups excluding carboxylic acids is 1. The fourth-order valence-electron chi connectivity index (χ4n) is 1.46. The minimum absolute atomic E-state index is 0.0131. The van der Waals surface area contributed by atoms with Crippen molar-refractivity contribution < 1.29 is 9.21 Å². The van der Waals surface area contributed by atoms with Crippen LogP contribution < -0.4 is 11.1 Å². The van der Waals surface area contributed by atoms with Gasteiger partial charge in [0.1, 0.15) is 5.76 Å². The highest BCUT2D eigenvalue weighted by atomic mass is 16.4. The van der Waals surface area contributed by atoms with Gasteiger partial charge in [-0.1, -0.05) is 0 Å². The predicted octanol–water partition coefficient (Wildman–Crippen LogP) is 1.43. The third kappa shape index (κ3) is 4.99. The predicted molar refractivity (Wildman–Crippen MR) is 65.3 cm³/mol. The van der Waals surface area contributed by atoms with Gasteiger partial charge in [-0.3, -0.25) is 4.79 Å². The molecule has 17 heavy (non-hydrogen) atoms. The Labute approximate surface area is 102 Å². The van der Waals surface area contributed by atoms with Crippen LogP contribution in [0.3, 0.4) is 0 Å². The molecule has 5 nitrogen and oxygen atoms in total. The molecule has 1 unspecified atom stereocenters. The second-order valence-corrected chi connectivity index (χ2v) is 4.40. The molecule has 0 saturated carbocycles. The first-order valence-corrected chi connectivity index (χ1v) is 5.94. The van der Waals surface area contributed by atoms with Crippen molar-refractivity contribution >= 4 is 5.91 Å². The smallest absolute Gasteiger partial charge is 0.220 e. The van der Waals surface area contributed by atoms with Crippen molar-refractivity contribution in [2.24, 2.45) is 5.73 Å². The molecule has 3 N–H and O–H groups in total. The van der Waals surface area contributed by atoms with E-state index in [1.54, 1.807) is 0 Å². The summed E-state index contributed by atoms with van der Waals surface area (Å²) >= 11 is 0. The molecule has 0 radical (unpaired) electrons. The SMILES string of the molecule is Cc1nc(CNC(=O)CCCC(C)N)oc1C. The number of rotatable bonds is 6. The van der Waals surface area contributed by atoms with Crippen molar-refractivity contribution in [1.82, 2.24) is 10.3 Å². The van der Waals surface area contributed by atoms with E-state index >= 15 is 0 Å². The van der Waals surface area contributed by atoms with Crippen LogP contribution in [0.5, 0.6) is 0 Å². The number of carbonyl (C=O) groups is 1. The first kappa shape index (κ1) is 13.7. The Morgan fingerprint density at radius 2 is 2.24 bits per heavy atom. The highest BCUT2D eigenvalue weighted by molar-refractivity contribution is 5.75. The molecule has 0 aliphatic carbocycles. The Bertz CT molecular complexity index is 352. The van der Waals surface area contributed by atoms with Crippen LogP contribution in [-0.2, 0) is 11.3 Å². The van der Waals surface area contributed by atoms with E-state index in [0.717, 1.165) is 24.3 Å². The Hall–Kier alpha value is -1.36. The number of aromatic nitrogens is 1. The number of hydrogen-bond acceptors (Lipinski definition) is 4. The van der Waals surface area contributed by atoms with Crippen molar-refractivity contribution in [2.75, 3.05) is 0 Å². The fourth-order valence-corrected chi connectivity index (χ4v) is 1.46. The second-order valence-electron chi connectivity index (χ2n) is 4.40. The molecule has 0 spiro atoms. The maximum Gasteiger partial charge on any atom is 0.220 e. The lowest BCUT2D eigenvalue weighted by atomic mass is 10.1. The van der Waals surface area contributed by atoms with Crippen LogP contribution >= 0.6 is 0 Å². The van der Waals surface area contributed by atoms with Gasteiger partial charge >= 0.3 is 0 Å². The Kier molecular flexibility index (Phi) is 5.15. The van der Waals surface area contributed by atoms with E-state index in [1.165, 1.54) is 0 Å². The molecule has 1 amide bonds. The van der Waals surface area contributed by atoms with Crippen molar-refractivity contribution in [3.63, 3.8) is 0 Å². The van der Waals surface area contributed by atoms with E-state index in [2.05, 4.69) is 10.3 Å². The Balaban J connectivity index is 2.24. The van der Waals surface area contributed by atoms with Gasteiger partial charge in [-0.25, -0.2) is 4.98 Å². The average molecular weight is 239 g/mol. The third-order valence-corrected chi connectivity index (χ3v) is 2.57. The molecule has 1 atom stereocenters. The van der Waals surface area contributed by atoms with E-state index in [1.807, 2.05) is 20.8 Å². The first-order valence-electron chi connectivity index (χ1n) is 5.94. The van der Waals surface area contributed by atoms with Crippen LogP contribution in [0, 0.1) is 13.8 Å². The standard InChI is InChI=1S/C12H21N3O2/c1-8(13)5-4-6-11(16)14-7-12-15-9(2)10(3)17-12/h8H,4-7,13H2,1-3H3,(H,14,16). The average Bonchev–Trinajstić information content (AvgIpc) is 2.55. The molecule has 0 aliphatic heterocycles. The summed E-state index contributed by atoms with van der Waals surface area (Å²) in [5.41, 5.74) is 6.47. The summed E-state index contributed by atoms with van der Waals surface area (Å²) < 4.78 is 5.36. The lowest BCUT2D eigenvalue weighted by Crippen LogP contribution is -2.23. The fraction of sp³-hybridized carbons (Fsp3) is 0.667. The number of oxazole rings is 1.